The molecular weight excluding hydrogens is 370 g/mol. The zero-order valence-electron chi connectivity index (χ0n) is 15.6. The van der Waals surface area contributed by atoms with E-state index in [1.165, 1.54) is 6.33 Å². The third kappa shape index (κ3) is 3.75. The van der Waals surface area contributed by atoms with Crippen LogP contribution in [0.3, 0.4) is 0 Å². The van der Waals surface area contributed by atoms with E-state index in [4.69, 9.17) is 0 Å². The fourth-order valence-corrected chi connectivity index (χ4v) is 3.76. The molecule has 0 fully saturated rings. The van der Waals surface area contributed by atoms with Gasteiger partial charge in [-0.3, -0.25) is 4.79 Å². The Morgan fingerprint density at radius 3 is 2.68 bits per heavy atom. The van der Waals surface area contributed by atoms with Crippen molar-refractivity contribution in [2.75, 3.05) is 5.32 Å². The van der Waals surface area contributed by atoms with Gasteiger partial charge >= 0.3 is 0 Å². The molecule has 28 heavy (non-hydrogen) atoms. The van der Waals surface area contributed by atoms with E-state index in [0.29, 0.717) is 11.3 Å². The summed E-state index contributed by atoms with van der Waals surface area (Å²) >= 11 is 1.59. The third-order valence-electron chi connectivity index (χ3n) is 4.36. The van der Waals surface area contributed by atoms with E-state index in [1.807, 2.05) is 61.5 Å². The van der Waals surface area contributed by atoms with Crippen molar-refractivity contribution in [1.82, 2.24) is 19.6 Å². The van der Waals surface area contributed by atoms with Crippen LogP contribution in [-0.2, 0) is 6.42 Å². The normalized spacial score (nSPS) is 10.9. The van der Waals surface area contributed by atoms with Crippen LogP contribution in [0.2, 0.25) is 0 Å². The monoisotopic (exact) mass is 389 g/mol. The van der Waals surface area contributed by atoms with Gasteiger partial charge in [0.05, 0.1) is 0 Å². The number of aryl methyl sites for hydroxylation is 2. The first kappa shape index (κ1) is 18.2. The van der Waals surface area contributed by atoms with Crippen LogP contribution < -0.4 is 5.32 Å². The molecule has 4 aromatic rings. The van der Waals surface area contributed by atoms with Crippen molar-refractivity contribution in [1.29, 1.82) is 0 Å². The molecule has 2 aromatic heterocycles. The second kappa shape index (κ2) is 7.82. The Morgan fingerprint density at radius 2 is 1.93 bits per heavy atom. The van der Waals surface area contributed by atoms with Crippen LogP contribution in [0.25, 0.3) is 5.78 Å². The molecular formula is C21H19N5OS. The van der Waals surface area contributed by atoms with Gasteiger partial charge in [0.1, 0.15) is 11.4 Å². The smallest absolute Gasteiger partial charge is 0.255 e. The van der Waals surface area contributed by atoms with Crippen molar-refractivity contribution >= 4 is 29.1 Å². The molecule has 2 aromatic carbocycles. The number of nitrogens with zero attached hydrogens (tertiary/aromatic N) is 4. The van der Waals surface area contributed by atoms with E-state index in [2.05, 4.69) is 27.3 Å². The SMILES string of the molecule is CCc1cc(Sc2ccc(NC(=O)c3ccccc3C)cc2)n2ncnc2n1. The lowest BCUT2D eigenvalue weighted by molar-refractivity contribution is 0.102. The number of nitrogens with one attached hydrogen (secondary N) is 1. The fourth-order valence-electron chi connectivity index (χ4n) is 2.84. The lowest BCUT2D eigenvalue weighted by Crippen LogP contribution is -2.13. The topological polar surface area (TPSA) is 72.2 Å². The van der Waals surface area contributed by atoms with E-state index in [0.717, 1.165) is 33.3 Å². The van der Waals surface area contributed by atoms with Crippen molar-refractivity contribution < 1.29 is 4.79 Å². The molecule has 0 saturated carbocycles. The van der Waals surface area contributed by atoms with E-state index < -0.39 is 0 Å². The second-order valence-corrected chi connectivity index (χ2v) is 7.40. The first-order chi connectivity index (χ1) is 13.6. The number of rotatable bonds is 5. The van der Waals surface area contributed by atoms with Gasteiger partial charge in [-0.2, -0.15) is 14.6 Å². The summed E-state index contributed by atoms with van der Waals surface area (Å²) in [5.41, 5.74) is 3.37. The average Bonchev–Trinajstić information content (AvgIpc) is 3.18. The summed E-state index contributed by atoms with van der Waals surface area (Å²) in [5, 5.41) is 8.16. The highest BCUT2D eigenvalue weighted by Crippen LogP contribution is 2.29. The van der Waals surface area contributed by atoms with Crippen molar-refractivity contribution in [3.05, 3.63) is 77.7 Å². The first-order valence-electron chi connectivity index (χ1n) is 8.98. The molecule has 0 spiro atoms. The minimum Gasteiger partial charge on any atom is -0.322 e. The van der Waals surface area contributed by atoms with Crippen molar-refractivity contribution in [2.45, 2.75) is 30.2 Å². The molecule has 0 radical (unpaired) electrons. The zero-order chi connectivity index (χ0) is 19.5. The van der Waals surface area contributed by atoms with Gasteiger partial charge in [-0.15, -0.1) is 0 Å². The van der Waals surface area contributed by atoms with E-state index in [1.54, 1.807) is 16.3 Å². The first-order valence-corrected chi connectivity index (χ1v) is 9.80. The van der Waals surface area contributed by atoms with Gasteiger partial charge in [0, 0.05) is 21.8 Å². The summed E-state index contributed by atoms with van der Waals surface area (Å²) in [5.74, 6) is 0.494. The Hall–Kier alpha value is -3.19. The Bertz CT molecular complexity index is 1140. The lowest BCUT2D eigenvalue weighted by atomic mass is 10.1. The molecule has 7 heteroatoms. The number of hydrogen-bond donors (Lipinski definition) is 1. The van der Waals surface area contributed by atoms with E-state index >= 15 is 0 Å². The van der Waals surface area contributed by atoms with Crippen LogP contribution >= 0.6 is 11.8 Å². The fraction of sp³-hybridized carbons (Fsp3) is 0.143. The van der Waals surface area contributed by atoms with Gasteiger partial charge in [0.15, 0.2) is 0 Å². The van der Waals surface area contributed by atoms with Crippen LogP contribution in [0.15, 0.2) is 70.8 Å². The summed E-state index contributed by atoms with van der Waals surface area (Å²) in [6, 6.07) is 17.3. The van der Waals surface area contributed by atoms with E-state index in [9.17, 15) is 4.79 Å². The predicted octanol–water partition coefficient (Wildman–Crippen LogP) is 4.40. The van der Waals surface area contributed by atoms with Crippen LogP contribution in [0, 0.1) is 6.92 Å². The number of anilines is 1. The van der Waals surface area contributed by atoms with E-state index in [-0.39, 0.29) is 5.91 Å². The third-order valence-corrected chi connectivity index (χ3v) is 5.37. The zero-order valence-corrected chi connectivity index (χ0v) is 16.4. The maximum atomic E-state index is 12.5. The van der Waals surface area contributed by atoms with Gasteiger partial charge in [-0.25, -0.2) is 4.98 Å². The largest absolute Gasteiger partial charge is 0.322 e. The van der Waals surface area contributed by atoms with Gasteiger partial charge in [-0.05, 0) is 55.3 Å². The maximum absolute atomic E-state index is 12.5. The van der Waals surface area contributed by atoms with Gasteiger partial charge < -0.3 is 5.32 Å². The number of carbonyl (C=O) groups excluding carboxylic acids is 1. The van der Waals surface area contributed by atoms with Crippen LogP contribution in [0.1, 0.15) is 28.5 Å². The van der Waals surface area contributed by atoms with Crippen molar-refractivity contribution in [2.24, 2.45) is 0 Å². The van der Waals surface area contributed by atoms with Crippen LogP contribution in [-0.4, -0.2) is 25.5 Å². The number of fused-ring (bicyclic) bond motifs is 1. The number of amides is 1. The van der Waals surface area contributed by atoms with Gasteiger partial charge in [0.2, 0.25) is 0 Å². The number of benzene rings is 2. The summed E-state index contributed by atoms with van der Waals surface area (Å²) in [4.78, 5) is 22.2. The molecule has 4 rings (SSSR count). The summed E-state index contributed by atoms with van der Waals surface area (Å²) in [6.45, 7) is 3.99. The summed E-state index contributed by atoms with van der Waals surface area (Å²) in [6.07, 6.45) is 2.34. The standard InChI is InChI=1S/C21H19N5OS/c1-3-15-12-19(26-21(25-15)22-13-23-26)28-17-10-8-16(9-11-17)24-20(27)18-7-5-4-6-14(18)2/h4-13H,3H2,1-2H3,(H,24,27). The highest BCUT2D eigenvalue weighted by Gasteiger charge is 2.10. The average molecular weight is 389 g/mol. The predicted molar refractivity (Wildman–Crippen MR) is 110 cm³/mol. The molecule has 1 N–H and O–H groups in total. The molecule has 0 saturated heterocycles. The molecule has 1 amide bonds. The minimum atomic E-state index is -0.107. The lowest BCUT2D eigenvalue weighted by Gasteiger charge is -2.09. The molecule has 2 heterocycles. The molecule has 0 aliphatic rings. The summed E-state index contributed by atoms with van der Waals surface area (Å²) in [7, 11) is 0. The maximum Gasteiger partial charge on any atom is 0.255 e. The Labute approximate surface area is 167 Å². The van der Waals surface area contributed by atoms with Gasteiger partial charge in [0.25, 0.3) is 11.7 Å². The van der Waals surface area contributed by atoms with Crippen LogP contribution in [0.4, 0.5) is 5.69 Å². The van der Waals surface area contributed by atoms with Crippen molar-refractivity contribution in [3.63, 3.8) is 0 Å². The second-order valence-electron chi connectivity index (χ2n) is 6.31. The Balaban J connectivity index is 1.52. The molecule has 0 bridgehead atoms. The quantitative estimate of drug-likeness (QED) is 0.512. The molecule has 0 unspecified atom stereocenters. The Morgan fingerprint density at radius 1 is 1.14 bits per heavy atom. The molecule has 0 atom stereocenters. The number of carbonyl (C=O) groups is 1. The van der Waals surface area contributed by atoms with Crippen LogP contribution in [0.5, 0.6) is 0 Å². The van der Waals surface area contributed by atoms with Gasteiger partial charge in [-0.1, -0.05) is 36.9 Å². The molecule has 0 aliphatic carbocycles. The van der Waals surface area contributed by atoms with Crippen molar-refractivity contribution in [3.8, 4) is 0 Å². The number of hydrogen-bond acceptors (Lipinski definition) is 5. The highest BCUT2D eigenvalue weighted by atomic mass is 32.2. The minimum absolute atomic E-state index is 0.107. The molecule has 0 aliphatic heterocycles. The molecule has 140 valence electrons. The number of aromatic nitrogens is 4. The molecule has 6 nitrogen and oxygen atoms in total. The Kier molecular flexibility index (Phi) is 5.08. The summed E-state index contributed by atoms with van der Waals surface area (Å²) < 4.78 is 1.73. The highest BCUT2D eigenvalue weighted by molar-refractivity contribution is 7.99.